The van der Waals surface area contributed by atoms with E-state index < -0.39 is 0 Å². The highest BCUT2D eigenvalue weighted by Crippen LogP contribution is 2.45. The first-order valence-corrected chi connectivity index (χ1v) is 18.1. The molecule has 2 heterocycles. The van der Waals surface area contributed by atoms with Gasteiger partial charge in [0.15, 0.2) is 5.82 Å². The lowest BCUT2D eigenvalue weighted by atomic mass is 9.93. The molecule has 2 nitrogen and oxygen atoms in total. The Morgan fingerprint density at radius 1 is 0.314 bits per heavy atom. The summed E-state index contributed by atoms with van der Waals surface area (Å²) in [7, 11) is 0. The molecule has 0 aliphatic carbocycles. The highest BCUT2D eigenvalue weighted by Gasteiger charge is 2.17. The van der Waals surface area contributed by atoms with Gasteiger partial charge in [-0.25, -0.2) is 9.97 Å². The molecular weight excluding hydrogens is 637 g/mol. The second kappa shape index (κ2) is 12.2. The molecular formula is C48H30N2S. The molecule has 0 radical (unpaired) electrons. The molecule has 0 spiro atoms. The van der Waals surface area contributed by atoms with E-state index in [1.807, 2.05) is 35.6 Å². The van der Waals surface area contributed by atoms with Crippen molar-refractivity contribution in [3.8, 4) is 56.2 Å². The van der Waals surface area contributed by atoms with Crippen LogP contribution in [-0.4, -0.2) is 9.97 Å². The fourth-order valence-electron chi connectivity index (χ4n) is 7.37. The normalized spacial score (nSPS) is 11.5. The van der Waals surface area contributed by atoms with Crippen LogP contribution in [0.1, 0.15) is 0 Å². The van der Waals surface area contributed by atoms with Crippen molar-refractivity contribution in [1.29, 1.82) is 0 Å². The molecule has 10 aromatic rings. The lowest BCUT2D eigenvalue weighted by Gasteiger charge is -2.13. The van der Waals surface area contributed by atoms with Gasteiger partial charge in [-0.15, -0.1) is 11.3 Å². The molecule has 0 aliphatic heterocycles. The predicted molar refractivity (Wildman–Crippen MR) is 217 cm³/mol. The molecule has 0 amide bonds. The maximum Gasteiger partial charge on any atom is 0.160 e. The number of nitrogens with zero attached hydrogens (tertiary/aromatic N) is 2. The van der Waals surface area contributed by atoms with Crippen LogP contribution < -0.4 is 0 Å². The molecule has 0 fully saturated rings. The number of thiophene rings is 1. The van der Waals surface area contributed by atoms with E-state index in [1.165, 1.54) is 58.4 Å². The van der Waals surface area contributed by atoms with E-state index in [-0.39, 0.29) is 0 Å². The first kappa shape index (κ1) is 29.5. The molecule has 10 rings (SSSR count). The van der Waals surface area contributed by atoms with Gasteiger partial charge in [0.25, 0.3) is 0 Å². The van der Waals surface area contributed by atoms with Crippen LogP contribution in [0.2, 0.25) is 0 Å². The van der Waals surface area contributed by atoms with Gasteiger partial charge in [-0.2, -0.15) is 0 Å². The van der Waals surface area contributed by atoms with E-state index in [2.05, 4.69) is 158 Å². The van der Waals surface area contributed by atoms with Gasteiger partial charge in [-0.05, 0) is 62.7 Å². The Hall–Kier alpha value is -6.42. The standard InChI is InChI=1S/C48H30N2S/c1-4-13-31(14-5-1)35-27-36(29-37(28-35)45-30-44(33-16-6-2-7-17-33)49-48(50-45)34-18-8-3-9-19-34)39-21-12-22-41-43-26-25-40-38-20-11-10-15-32(38)23-24-42(40)47(43)51-46(39)41/h1-30H. The summed E-state index contributed by atoms with van der Waals surface area (Å²) in [5, 5.41) is 7.76. The second-order valence-corrected chi connectivity index (χ2v) is 14.0. The molecule has 0 atom stereocenters. The lowest BCUT2D eigenvalue weighted by Crippen LogP contribution is -1.96. The van der Waals surface area contributed by atoms with E-state index in [0.29, 0.717) is 5.82 Å². The monoisotopic (exact) mass is 666 g/mol. The number of benzene rings is 8. The van der Waals surface area contributed by atoms with Crippen molar-refractivity contribution >= 4 is 53.1 Å². The Bertz CT molecular complexity index is 2840. The lowest BCUT2D eigenvalue weighted by molar-refractivity contribution is 1.18. The van der Waals surface area contributed by atoms with Crippen molar-refractivity contribution in [3.63, 3.8) is 0 Å². The van der Waals surface area contributed by atoms with Crippen molar-refractivity contribution in [1.82, 2.24) is 9.97 Å². The SMILES string of the molecule is c1ccc(-c2cc(-c3cc(-c4ccccc4)nc(-c4ccccc4)n3)cc(-c3cccc4c3sc3c4ccc4c5ccccc5ccc43)c2)cc1. The largest absolute Gasteiger partial charge is 0.228 e. The van der Waals surface area contributed by atoms with Gasteiger partial charge in [0.05, 0.1) is 11.4 Å². The van der Waals surface area contributed by atoms with Gasteiger partial charge in [-0.1, -0.05) is 158 Å². The fourth-order valence-corrected chi connectivity index (χ4v) is 8.73. The first-order chi connectivity index (χ1) is 25.3. The van der Waals surface area contributed by atoms with Crippen molar-refractivity contribution in [2.45, 2.75) is 0 Å². The Balaban J connectivity index is 1.22. The fraction of sp³-hybridized carbons (Fsp3) is 0. The van der Waals surface area contributed by atoms with Crippen LogP contribution in [-0.2, 0) is 0 Å². The minimum Gasteiger partial charge on any atom is -0.228 e. The molecule has 0 unspecified atom stereocenters. The molecule has 2 aromatic heterocycles. The average Bonchev–Trinajstić information content (AvgIpc) is 3.61. The third kappa shape index (κ3) is 5.18. The van der Waals surface area contributed by atoms with Gasteiger partial charge in [0.2, 0.25) is 0 Å². The van der Waals surface area contributed by atoms with Crippen molar-refractivity contribution in [2.24, 2.45) is 0 Å². The Morgan fingerprint density at radius 3 is 1.65 bits per heavy atom. The summed E-state index contributed by atoms with van der Waals surface area (Å²) in [6, 6.07) is 65.0. The Morgan fingerprint density at radius 2 is 0.863 bits per heavy atom. The molecule has 238 valence electrons. The molecule has 0 aliphatic rings. The number of hydrogen-bond donors (Lipinski definition) is 0. The molecule has 0 saturated carbocycles. The van der Waals surface area contributed by atoms with E-state index in [0.717, 1.165) is 33.6 Å². The Kier molecular flexibility index (Phi) is 7.04. The molecule has 51 heavy (non-hydrogen) atoms. The zero-order valence-corrected chi connectivity index (χ0v) is 28.4. The smallest absolute Gasteiger partial charge is 0.160 e. The van der Waals surface area contributed by atoms with E-state index >= 15 is 0 Å². The molecule has 0 bridgehead atoms. The van der Waals surface area contributed by atoms with Crippen molar-refractivity contribution in [3.05, 3.63) is 182 Å². The summed E-state index contributed by atoms with van der Waals surface area (Å²) < 4.78 is 2.62. The van der Waals surface area contributed by atoms with Crippen LogP contribution in [0.5, 0.6) is 0 Å². The summed E-state index contributed by atoms with van der Waals surface area (Å²) in [6.07, 6.45) is 0. The number of rotatable bonds is 5. The summed E-state index contributed by atoms with van der Waals surface area (Å²) in [4.78, 5) is 10.3. The Labute approximate surface area is 300 Å². The third-order valence-corrected chi connectivity index (χ3v) is 11.1. The predicted octanol–water partition coefficient (Wildman–Crippen LogP) is 13.5. The molecule has 3 heteroatoms. The van der Waals surface area contributed by atoms with Crippen LogP contribution >= 0.6 is 11.3 Å². The van der Waals surface area contributed by atoms with Crippen LogP contribution in [0, 0.1) is 0 Å². The summed E-state index contributed by atoms with van der Waals surface area (Å²) in [5.74, 6) is 0.713. The zero-order valence-electron chi connectivity index (χ0n) is 27.6. The van der Waals surface area contributed by atoms with Crippen LogP contribution in [0.4, 0.5) is 0 Å². The summed E-state index contributed by atoms with van der Waals surface area (Å²) in [6.45, 7) is 0. The van der Waals surface area contributed by atoms with E-state index in [9.17, 15) is 0 Å². The van der Waals surface area contributed by atoms with E-state index in [4.69, 9.17) is 9.97 Å². The molecule has 8 aromatic carbocycles. The maximum atomic E-state index is 5.22. The average molecular weight is 667 g/mol. The van der Waals surface area contributed by atoms with Crippen molar-refractivity contribution < 1.29 is 0 Å². The van der Waals surface area contributed by atoms with Gasteiger partial charge >= 0.3 is 0 Å². The van der Waals surface area contributed by atoms with Gasteiger partial charge in [-0.3, -0.25) is 0 Å². The van der Waals surface area contributed by atoms with Gasteiger partial charge < -0.3 is 0 Å². The minimum absolute atomic E-state index is 0.713. The van der Waals surface area contributed by atoms with Crippen LogP contribution in [0.3, 0.4) is 0 Å². The number of aromatic nitrogens is 2. The minimum atomic E-state index is 0.713. The summed E-state index contributed by atoms with van der Waals surface area (Å²) in [5.41, 5.74) is 9.61. The zero-order chi connectivity index (χ0) is 33.7. The quantitative estimate of drug-likeness (QED) is 0.171. The topological polar surface area (TPSA) is 25.8 Å². The van der Waals surface area contributed by atoms with Crippen molar-refractivity contribution in [2.75, 3.05) is 0 Å². The van der Waals surface area contributed by atoms with Crippen LogP contribution in [0.15, 0.2) is 182 Å². The highest BCUT2D eigenvalue weighted by molar-refractivity contribution is 7.27. The molecule has 0 saturated heterocycles. The molecule has 0 N–H and O–H groups in total. The van der Waals surface area contributed by atoms with Crippen LogP contribution in [0.25, 0.3) is 97.9 Å². The third-order valence-electron chi connectivity index (χ3n) is 9.86. The summed E-state index contributed by atoms with van der Waals surface area (Å²) >= 11 is 1.90. The number of hydrogen-bond acceptors (Lipinski definition) is 3. The maximum absolute atomic E-state index is 5.22. The highest BCUT2D eigenvalue weighted by atomic mass is 32.1. The van der Waals surface area contributed by atoms with E-state index in [1.54, 1.807) is 0 Å². The second-order valence-electron chi connectivity index (χ2n) is 13.0. The first-order valence-electron chi connectivity index (χ1n) is 17.2. The van der Waals surface area contributed by atoms with Gasteiger partial charge in [0.1, 0.15) is 0 Å². The number of fused-ring (bicyclic) bond motifs is 7. The van der Waals surface area contributed by atoms with Gasteiger partial charge in [0, 0.05) is 42.2 Å².